The van der Waals surface area contributed by atoms with Gasteiger partial charge in [0.2, 0.25) is 0 Å². The molecule has 512 valence electrons. The lowest BCUT2D eigenvalue weighted by Gasteiger charge is -2.24. The zero-order valence-electron chi connectivity index (χ0n) is 58.3. The monoisotopic (exact) mass is 1270 g/mol. The van der Waals surface area contributed by atoms with Gasteiger partial charge in [-0.2, -0.15) is 0 Å². The van der Waals surface area contributed by atoms with Crippen LogP contribution in [0.4, 0.5) is 0 Å². The molecule has 0 saturated carbocycles. The lowest BCUT2D eigenvalue weighted by atomic mass is 10.0. The molecule has 0 aromatic carbocycles. The van der Waals surface area contributed by atoms with Crippen molar-refractivity contribution >= 4 is 19.8 Å². The average molecular weight is 1270 g/mol. The highest BCUT2D eigenvalue weighted by molar-refractivity contribution is 7.47. The minimum absolute atomic E-state index is 0.0238. The standard InChI is InChI=1S/C80H134NO8P/c1-6-8-10-12-14-16-18-20-22-24-26-28-30-32-34-36-37-38-39-40-41-42-43-45-47-49-51-53-55-57-59-61-63-65-67-69-71-73-80(83)89-78(77-88-90(84,85)87-75-74-81(3,4)5)76-86-79(82)72-70-68-66-64-62-60-58-56-54-52-50-48-46-44-35-33-31-29-27-25-23-21-19-17-15-13-11-9-7-2/h8-11,14-17,20-23,26-29,32,34,37-38,40-41,43,45,49,51,78H,6-7,12-13,18-19,24-25,30-31,33,35-36,39,42,44,46-48,50,52-77H2,1-5H3/p+1/b10-8-,11-9-,16-14-,17-15-,22-20-,23-21-,28-26-,29-27-,34-32-,38-37-,41-40-,45-43-,51-49-. The number of hydrogen-bond donors (Lipinski definition) is 1. The molecule has 0 rings (SSSR count). The number of likely N-dealkylation sites (N-methyl/N-ethyl adjacent to an activating group) is 1. The predicted octanol–water partition coefficient (Wildman–Crippen LogP) is 23.9. The van der Waals surface area contributed by atoms with Crippen LogP contribution in [0.2, 0.25) is 0 Å². The zero-order chi connectivity index (χ0) is 65.5. The van der Waals surface area contributed by atoms with Crippen LogP contribution in [0, 0.1) is 0 Å². The largest absolute Gasteiger partial charge is 0.472 e. The molecule has 0 heterocycles. The summed E-state index contributed by atoms with van der Waals surface area (Å²) in [6, 6.07) is 0. The fourth-order valence-electron chi connectivity index (χ4n) is 9.59. The summed E-state index contributed by atoms with van der Waals surface area (Å²) in [7, 11) is 1.46. The highest BCUT2D eigenvalue weighted by atomic mass is 31.2. The Bertz CT molecular complexity index is 2080. The van der Waals surface area contributed by atoms with Gasteiger partial charge in [0.15, 0.2) is 6.10 Å². The third kappa shape index (κ3) is 72.7. The van der Waals surface area contributed by atoms with E-state index in [-0.39, 0.29) is 32.0 Å². The number of nitrogens with zero attached hydrogens (tertiary/aromatic N) is 1. The lowest BCUT2D eigenvalue weighted by Crippen LogP contribution is -2.37. The first-order chi connectivity index (χ1) is 44.0. The molecule has 2 unspecified atom stereocenters. The third-order valence-corrected chi connectivity index (χ3v) is 16.0. The number of carbonyl (C=O) groups is 2. The Labute approximate surface area is 554 Å². The first kappa shape index (κ1) is 85.6. The highest BCUT2D eigenvalue weighted by Crippen LogP contribution is 2.43. The van der Waals surface area contributed by atoms with Crippen molar-refractivity contribution < 1.29 is 42.1 Å². The Morgan fingerprint density at radius 3 is 0.889 bits per heavy atom. The summed E-state index contributed by atoms with van der Waals surface area (Å²) < 4.78 is 34.7. The number of carbonyl (C=O) groups excluding carboxylic acids is 2. The van der Waals surface area contributed by atoms with E-state index >= 15 is 0 Å². The summed E-state index contributed by atoms with van der Waals surface area (Å²) in [5, 5.41) is 0. The summed E-state index contributed by atoms with van der Waals surface area (Å²) in [5.74, 6) is -0.807. The van der Waals surface area contributed by atoms with Crippen molar-refractivity contribution in [3.8, 4) is 0 Å². The van der Waals surface area contributed by atoms with Gasteiger partial charge in [0.25, 0.3) is 0 Å². The molecule has 10 heteroatoms. The Kier molecular flexibility index (Phi) is 65.6. The van der Waals surface area contributed by atoms with Crippen LogP contribution in [0.5, 0.6) is 0 Å². The van der Waals surface area contributed by atoms with Crippen LogP contribution < -0.4 is 0 Å². The average Bonchev–Trinajstić information content (AvgIpc) is 3.58. The molecule has 90 heavy (non-hydrogen) atoms. The summed E-state index contributed by atoms with van der Waals surface area (Å²) in [6.45, 7) is 4.21. The predicted molar refractivity (Wildman–Crippen MR) is 390 cm³/mol. The number of quaternary nitrogens is 1. The molecule has 9 nitrogen and oxygen atoms in total. The fourth-order valence-corrected chi connectivity index (χ4v) is 10.3. The van der Waals surface area contributed by atoms with Crippen LogP contribution in [-0.4, -0.2) is 74.9 Å². The normalized spacial score (nSPS) is 14.1. The molecule has 0 aromatic heterocycles. The quantitative estimate of drug-likeness (QED) is 0.0211. The first-order valence-corrected chi connectivity index (χ1v) is 37.7. The summed E-state index contributed by atoms with van der Waals surface area (Å²) in [4.78, 5) is 35.9. The van der Waals surface area contributed by atoms with E-state index in [2.05, 4.69) is 172 Å². The molecule has 0 aliphatic heterocycles. The number of phosphoric ester groups is 1. The smallest absolute Gasteiger partial charge is 0.462 e. The minimum atomic E-state index is -4.40. The van der Waals surface area contributed by atoms with E-state index in [1.54, 1.807) is 0 Å². The van der Waals surface area contributed by atoms with Gasteiger partial charge in [-0.3, -0.25) is 18.6 Å². The van der Waals surface area contributed by atoms with Gasteiger partial charge in [0.1, 0.15) is 19.8 Å². The molecule has 0 fully saturated rings. The van der Waals surface area contributed by atoms with Gasteiger partial charge in [0, 0.05) is 12.8 Å². The van der Waals surface area contributed by atoms with Crippen molar-refractivity contribution in [3.05, 3.63) is 158 Å². The number of rotatable bonds is 65. The van der Waals surface area contributed by atoms with Gasteiger partial charge >= 0.3 is 19.8 Å². The summed E-state index contributed by atoms with van der Waals surface area (Å²) in [6.07, 6.45) is 103. The van der Waals surface area contributed by atoms with Crippen LogP contribution in [0.3, 0.4) is 0 Å². The van der Waals surface area contributed by atoms with Crippen LogP contribution in [-0.2, 0) is 32.7 Å². The lowest BCUT2D eigenvalue weighted by molar-refractivity contribution is -0.870. The van der Waals surface area contributed by atoms with Crippen molar-refractivity contribution in [1.82, 2.24) is 0 Å². The Balaban J connectivity index is 4.09. The molecule has 0 radical (unpaired) electrons. The summed E-state index contributed by atoms with van der Waals surface area (Å²) in [5.41, 5.74) is 0. The molecule has 2 atom stereocenters. The number of esters is 2. The maximum absolute atomic E-state index is 12.9. The number of phosphoric acid groups is 1. The van der Waals surface area contributed by atoms with E-state index in [0.717, 1.165) is 128 Å². The molecule has 0 bridgehead atoms. The van der Waals surface area contributed by atoms with Crippen molar-refractivity contribution in [2.75, 3.05) is 47.5 Å². The fraction of sp³-hybridized carbons (Fsp3) is 0.650. The highest BCUT2D eigenvalue weighted by Gasteiger charge is 2.27. The number of allylic oxidation sites excluding steroid dienone is 26. The van der Waals surface area contributed by atoms with Gasteiger partial charge < -0.3 is 18.9 Å². The third-order valence-electron chi connectivity index (χ3n) is 15.1. The van der Waals surface area contributed by atoms with E-state index in [4.69, 9.17) is 18.5 Å². The van der Waals surface area contributed by atoms with E-state index in [1.807, 2.05) is 21.1 Å². The van der Waals surface area contributed by atoms with Crippen LogP contribution in [0.1, 0.15) is 284 Å². The zero-order valence-corrected chi connectivity index (χ0v) is 59.2. The van der Waals surface area contributed by atoms with Crippen LogP contribution in [0.25, 0.3) is 0 Å². The van der Waals surface area contributed by atoms with Gasteiger partial charge in [0.05, 0.1) is 27.7 Å². The van der Waals surface area contributed by atoms with E-state index in [1.165, 1.54) is 122 Å². The molecule has 0 amide bonds. The topological polar surface area (TPSA) is 108 Å². The van der Waals surface area contributed by atoms with Crippen LogP contribution >= 0.6 is 7.82 Å². The molecule has 1 N–H and O–H groups in total. The molecule has 0 aliphatic rings. The van der Waals surface area contributed by atoms with Gasteiger partial charge in [-0.05, 0) is 122 Å². The first-order valence-electron chi connectivity index (χ1n) is 36.2. The Morgan fingerprint density at radius 2 is 0.600 bits per heavy atom. The van der Waals surface area contributed by atoms with Crippen molar-refractivity contribution in [1.29, 1.82) is 0 Å². The van der Waals surface area contributed by atoms with Gasteiger partial charge in [-0.15, -0.1) is 0 Å². The number of ether oxygens (including phenoxy) is 2. The minimum Gasteiger partial charge on any atom is -0.462 e. The van der Waals surface area contributed by atoms with E-state index in [9.17, 15) is 19.0 Å². The molecular formula is C80H135NO8P+. The second-order valence-electron chi connectivity index (χ2n) is 24.9. The molecule has 0 aromatic rings. The number of unbranched alkanes of at least 4 members (excludes halogenated alkanes) is 25. The van der Waals surface area contributed by atoms with Gasteiger partial charge in [-0.1, -0.05) is 307 Å². The van der Waals surface area contributed by atoms with E-state index in [0.29, 0.717) is 17.4 Å². The molecule has 0 spiro atoms. The Hall–Kier alpha value is -4.37. The van der Waals surface area contributed by atoms with E-state index < -0.39 is 26.5 Å². The SMILES string of the molecule is CC/C=C\C/C=C\C/C=C\C/C=C\C/C=C\C/C=C\C/C=C\C/C=C\C/C=C\CCCCCCCCCCCC(=O)OC(COC(=O)CCCCCCCCCCCCCCCCCC/C=C\C/C=C\C/C=C\C/C=C\CC)COP(=O)(O)OCC[N+](C)(C)C. The Morgan fingerprint density at radius 1 is 0.344 bits per heavy atom. The summed E-state index contributed by atoms with van der Waals surface area (Å²) >= 11 is 0. The molecular weight excluding hydrogens is 1130 g/mol. The van der Waals surface area contributed by atoms with Crippen molar-refractivity contribution in [2.45, 2.75) is 290 Å². The second kappa shape index (κ2) is 69.0. The molecule has 0 saturated heterocycles. The maximum atomic E-state index is 12.9. The van der Waals surface area contributed by atoms with Gasteiger partial charge in [-0.25, -0.2) is 4.57 Å². The molecule has 0 aliphatic carbocycles. The number of hydrogen-bond acceptors (Lipinski definition) is 7. The van der Waals surface area contributed by atoms with Crippen LogP contribution in [0.15, 0.2) is 158 Å². The van der Waals surface area contributed by atoms with Crippen molar-refractivity contribution in [2.24, 2.45) is 0 Å². The van der Waals surface area contributed by atoms with Crippen molar-refractivity contribution in [3.63, 3.8) is 0 Å². The maximum Gasteiger partial charge on any atom is 0.472 e. The second-order valence-corrected chi connectivity index (χ2v) is 26.3.